The third kappa shape index (κ3) is 46.2. The maximum absolute atomic E-state index is 11.9. The van der Waals surface area contributed by atoms with Crippen LogP contribution >= 0.6 is 0 Å². The van der Waals surface area contributed by atoms with Crippen LogP contribution in [0.4, 0.5) is 0 Å². The van der Waals surface area contributed by atoms with E-state index in [1.54, 1.807) is 0 Å². The summed E-state index contributed by atoms with van der Waals surface area (Å²) >= 11 is 0. The number of esters is 2. The van der Waals surface area contributed by atoms with Gasteiger partial charge < -0.3 is 9.47 Å². The molecule has 0 bridgehead atoms. The minimum absolute atomic E-state index is 0. The van der Waals surface area contributed by atoms with Crippen molar-refractivity contribution in [2.24, 2.45) is 0 Å². The predicted molar refractivity (Wildman–Crippen MR) is 205 cm³/mol. The summed E-state index contributed by atoms with van der Waals surface area (Å²) in [6.45, 7) is 5.52. The number of unbranched alkanes of at least 4 members (excludes halogenated alkanes) is 30. The molecule has 0 aromatic heterocycles. The molecule has 0 saturated carbocycles. The van der Waals surface area contributed by atoms with E-state index in [2.05, 4.69) is 13.8 Å². The van der Waals surface area contributed by atoms with Crippen LogP contribution in [0.5, 0.6) is 0 Å². The van der Waals surface area contributed by atoms with E-state index in [1.807, 2.05) is 0 Å². The monoisotopic (exact) mass is 703 g/mol. The molecule has 266 valence electrons. The third-order valence-electron chi connectivity index (χ3n) is 9.06. The molecule has 0 amide bonds. The summed E-state index contributed by atoms with van der Waals surface area (Å²) in [4.78, 5) is 23.8. The third-order valence-corrected chi connectivity index (χ3v) is 9.06. The van der Waals surface area contributed by atoms with Crippen LogP contribution in [0, 0.1) is 0 Å². The van der Waals surface area contributed by atoms with Crippen molar-refractivity contribution in [1.29, 1.82) is 0 Å². The molecule has 0 fully saturated rings. The van der Waals surface area contributed by atoms with Crippen LogP contribution in [0.15, 0.2) is 0 Å². The van der Waals surface area contributed by atoms with Crippen molar-refractivity contribution in [2.45, 2.75) is 232 Å². The standard InChI is InChI=1S/C40H78O4.2K.2H/c1-3-5-7-9-11-13-15-17-19-21-23-25-27-29-31-33-37-43-39(41)35-36-40(42)44-38-34-32-30-28-26-24-22-20-18-16-14-12-10-8-6-4-2;;;;/h3-38H2,1-2H3;;;;. The Morgan fingerprint density at radius 3 is 0.674 bits per heavy atom. The Morgan fingerprint density at radius 2 is 0.478 bits per heavy atom. The summed E-state index contributed by atoms with van der Waals surface area (Å²) in [5.74, 6) is -0.546. The van der Waals surface area contributed by atoms with Crippen LogP contribution in [0.2, 0.25) is 0 Å². The zero-order valence-corrected chi connectivity index (χ0v) is 30.1. The molecule has 0 radical (unpaired) electrons. The van der Waals surface area contributed by atoms with Crippen molar-refractivity contribution in [3.63, 3.8) is 0 Å². The van der Waals surface area contributed by atoms with Crippen LogP contribution in [0.3, 0.4) is 0 Å². The number of rotatable bonds is 37. The Morgan fingerprint density at radius 1 is 0.304 bits per heavy atom. The first-order valence-electron chi connectivity index (χ1n) is 20.0. The van der Waals surface area contributed by atoms with Crippen molar-refractivity contribution < 1.29 is 19.1 Å². The molecule has 0 aromatic rings. The number of hydrogen-bond donors (Lipinski definition) is 0. The van der Waals surface area contributed by atoms with Gasteiger partial charge >= 0.3 is 115 Å². The maximum atomic E-state index is 11.9. The van der Waals surface area contributed by atoms with E-state index in [1.165, 1.54) is 180 Å². The molecular formula is C40H80K2O4. The Bertz CT molecular complexity index is 538. The average Bonchev–Trinajstić information content (AvgIpc) is 3.03. The zero-order chi connectivity index (χ0) is 32.0. The molecule has 46 heavy (non-hydrogen) atoms. The predicted octanol–water partition coefficient (Wildman–Crippen LogP) is 12.1. The van der Waals surface area contributed by atoms with Crippen LogP contribution in [0.25, 0.3) is 0 Å². The van der Waals surface area contributed by atoms with Crippen molar-refractivity contribution in [3.05, 3.63) is 0 Å². The first-order chi connectivity index (χ1) is 21.7. The van der Waals surface area contributed by atoms with Gasteiger partial charge in [-0.1, -0.05) is 206 Å². The van der Waals surface area contributed by atoms with Gasteiger partial charge in [0.25, 0.3) is 0 Å². The minimum atomic E-state index is -0.273. The summed E-state index contributed by atoms with van der Waals surface area (Å²) in [5, 5.41) is 0. The fourth-order valence-electron chi connectivity index (χ4n) is 6.02. The van der Waals surface area contributed by atoms with Gasteiger partial charge in [0.15, 0.2) is 0 Å². The van der Waals surface area contributed by atoms with Gasteiger partial charge in [-0.3, -0.25) is 9.59 Å². The van der Waals surface area contributed by atoms with Gasteiger partial charge in [-0.15, -0.1) is 0 Å². The Hall–Kier alpha value is 2.21. The van der Waals surface area contributed by atoms with E-state index in [4.69, 9.17) is 9.47 Å². The van der Waals surface area contributed by atoms with Crippen LogP contribution in [0.1, 0.15) is 232 Å². The molecule has 0 aliphatic heterocycles. The summed E-state index contributed by atoms with van der Waals surface area (Å²) in [7, 11) is 0. The molecule has 4 nitrogen and oxygen atoms in total. The number of carbonyl (C=O) groups excluding carboxylic acids is 2. The van der Waals surface area contributed by atoms with Crippen molar-refractivity contribution in [2.75, 3.05) is 13.2 Å². The van der Waals surface area contributed by atoms with E-state index in [0.717, 1.165) is 25.7 Å². The number of ether oxygens (including phenoxy) is 2. The molecule has 0 aliphatic rings. The van der Waals surface area contributed by atoms with Gasteiger partial charge in [-0.05, 0) is 12.8 Å². The normalized spacial score (nSPS) is 10.7. The molecule has 0 atom stereocenters. The first kappa shape index (κ1) is 52.6. The molecule has 0 spiro atoms. The SMILES string of the molecule is CCCCCCCCCCCCCCCCCCOC(=O)CCC(=O)OCCCCCCCCCCCCCCCCCC.[KH].[KH]. The average molecular weight is 703 g/mol. The molecule has 0 aliphatic carbocycles. The molecule has 0 N–H and O–H groups in total. The van der Waals surface area contributed by atoms with E-state index in [0.29, 0.717) is 13.2 Å². The number of hydrogen-bond acceptors (Lipinski definition) is 4. The van der Waals surface area contributed by atoms with Gasteiger partial charge in [0.2, 0.25) is 0 Å². The zero-order valence-electron chi connectivity index (χ0n) is 30.1. The van der Waals surface area contributed by atoms with Crippen LogP contribution < -0.4 is 0 Å². The first-order valence-corrected chi connectivity index (χ1v) is 20.0. The van der Waals surface area contributed by atoms with Crippen LogP contribution in [-0.2, 0) is 19.1 Å². The van der Waals surface area contributed by atoms with Gasteiger partial charge in [0.05, 0.1) is 26.1 Å². The van der Waals surface area contributed by atoms with Gasteiger partial charge in [-0.2, -0.15) is 0 Å². The Balaban J connectivity index is -0.00000924. The fraction of sp³-hybridized carbons (Fsp3) is 0.950. The van der Waals surface area contributed by atoms with E-state index in [9.17, 15) is 9.59 Å². The summed E-state index contributed by atoms with van der Waals surface area (Å²) in [6.07, 6.45) is 42.9. The second-order valence-electron chi connectivity index (χ2n) is 13.5. The van der Waals surface area contributed by atoms with Gasteiger partial charge in [0, 0.05) is 0 Å². The fourth-order valence-corrected chi connectivity index (χ4v) is 6.02. The van der Waals surface area contributed by atoms with Gasteiger partial charge in [0.1, 0.15) is 0 Å². The summed E-state index contributed by atoms with van der Waals surface area (Å²) in [6, 6.07) is 0. The molecular weight excluding hydrogens is 623 g/mol. The second kappa shape index (κ2) is 47.2. The topological polar surface area (TPSA) is 52.6 Å². The molecule has 0 heterocycles. The Kier molecular flexibility index (Phi) is 54.0. The second-order valence-corrected chi connectivity index (χ2v) is 13.5. The van der Waals surface area contributed by atoms with Crippen molar-refractivity contribution in [3.8, 4) is 0 Å². The summed E-state index contributed by atoms with van der Waals surface area (Å²) < 4.78 is 10.6. The summed E-state index contributed by atoms with van der Waals surface area (Å²) in [5.41, 5.74) is 0. The Labute approximate surface area is 373 Å². The van der Waals surface area contributed by atoms with E-state index >= 15 is 0 Å². The quantitative estimate of drug-likeness (QED) is 0.0367. The number of carbonyl (C=O) groups is 2. The molecule has 0 aromatic carbocycles. The van der Waals surface area contributed by atoms with E-state index in [-0.39, 0.29) is 128 Å². The molecule has 0 rings (SSSR count). The molecule has 6 heteroatoms. The van der Waals surface area contributed by atoms with Crippen molar-refractivity contribution in [1.82, 2.24) is 0 Å². The van der Waals surface area contributed by atoms with Crippen molar-refractivity contribution >= 4 is 115 Å². The molecule has 0 saturated heterocycles. The molecule has 0 unspecified atom stereocenters. The van der Waals surface area contributed by atoms with E-state index < -0.39 is 0 Å². The van der Waals surface area contributed by atoms with Crippen LogP contribution in [-0.4, -0.2) is 128 Å². The van der Waals surface area contributed by atoms with Gasteiger partial charge in [-0.25, -0.2) is 0 Å².